The Kier molecular flexibility index (Phi) is 62.3. The van der Waals surface area contributed by atoms with Gasteiger partial charge in [0.15, 0.2) is 6.10 Å². The van der Waals surface area contributed by atoms with Gasteiger partial charge in [-0.15, -0.1) is 0 Å². The van der Waals surface area contributed by atoms with Crippen LogP contribution >= 0.6 is 0 Å². The van der Waals surface area contributed by atoms with Crippen LogP contribution in [-0.4, -0.2) is 37.2 Å². The van der Waals surface area contributed by atoms with Gasteiger partial charge in [-0.1, -0.05) is 284 Å². The molecule has 0 aliphatic heterocycles. The van der Waals surface area contributed by atoms with E-state index in [2.05, 4.69) is 130 Å². The highest BCUT2D eigenvalue weighted by Gasteiger charge is 2.19. The number of allylic oxidation sites excluding steroid dienone is 18. The van der Waals surface area contributed by atoms with Crippen molar-refractivity contribution in [2.24, 2.45) is 0 Å². The van der Waals surface area contributed by atoms with Crippen molar-refractivity contribution in [2.45, 2.75) is 316 Å². The van der Waals surface area contributed by atoms with Crippen molar-refractivity contribution >= 4 is 17.9 Å². The number of ether oxygens (including phenoxy) is 3. The molecule has 0 heterocycles. The minimum absolute atomic E-state index is 0.0856. The molecule has 0 radical (unpaired) electrons. The highest BCUT2D eigenvalue weighted by Crippen LogP contribution is 2.17. The number of rotatable bonds is 59. The smallest absolute Gasteiger partial charge is 0.306 e. The maximum absolute atomic E-state index is 12.9. The molecule has 6 heteroatoms. The summed E-state index contributed by atoms with van der Waals surface area (Å²) in [6, 6.07) is 0. The standard InChI is InChI=1S/C72H122O6/c1-4-7-10-13-16-19-22-25-28-30-31-32-33-34-35-36-37-38-39-40-41-43-44-47-50-53-56-59-62-65-71(74)77-68-69(67-76-70(73)64-61-58-55-52-49-46-27-24-21-18-15-12-9-6-3)78-72(75)66-63-60-57-54-51-48-45-42-29-26-23-20-17-14-11-8-5-2/h7-8,10-11,15-20,24-29,31-32,69H,4-6,9,12-14,21-23,30,33-68H2,1-3H3/b10-7-,11-8-,18-15-,19-16-,20-17-,27-24-,28-25-,29-26-,32-31-. The molecule has 0 saturated heterocycles. The third-order valence-corrected chi connectivity index (χ3v) is 14.0. The van der Waals surface area contributed by atoms with Gasteiger partial charge >= 0.3 is 17.9 Å². The zero-order valence-electron chi connectivity index (χ0n) is 51.2. The number of carbonyl (C=O) groups is 3. The average molecular weight is 1080 g/mol. The van der Waals surface area contributed by atoms with Gasteiger partial charge in [-0.05, 0) is 116 Å². The summed E-state index contributed by atoms with van der Waals surface area (Å²) in [4.78, 5) is 38.3. The molecular formula is C72H122O6. The number of esters is 3. The van der Waals surface area contributed by atoms with Crippen molar-refractivity contribution in [3.8, 4) is 0 Å². The Bertz CT molecular complexity index is 1570. The molecular weight excluding hydrogens is 961 g/mol. The van der Waals surface area contributed by atoms with Crippen LogP contribution in [0.3, 0.4) is 0 Å². The summed E-state index contributed by atoms with van der Waals surface area (Å²) >= 11 is 0. The summed E-state index contributed by atoms with van der Waals surface area (Å²) in [5, 5.41) is 0. The normalized spacial score (nSPS) is 12.8. The fourth-order valence-electron chi connectivity index (χ4n) is 9.11. The van der Waals surface area contributed by atoms with Crippen LogP contribution in [0.5, 0.6) is 0 Å². The van der Waals surface area contributed by atoms with Crippen LogP contribution in [0, 0.1) is 0 Å². The summed E-state index contributed by atoms with van der Waals surface area (Å²) < 4.78 is 16.9. The summed E-state index contributed by atoms with van der Waals surface area (Å²) in [6.07, 6.45) is 89.6. The Morgan fingerprint density at radius 1 is 0.269 bits per heavy atom. The molecule has 0 aliphatic rings. The lowest BCUT2D eigenvalue weighted by Gasteiger charge is -2.18. The van der Waals surface area contributed by atoms with E-state index >= 15 is 0 Å². The number of unbranched alkanes of at least 4 members (excludes halogenated alkanes) is 30. The van der Waals surface area contributed by atoms with Crippen LogP contribution in [0.25, 0.3) is 0 Å². The van der Waals surface area contributed by atoms with E-state index in [1.807, 2.05) is 0 Å². The fraction of sp³-hybridized carbons (Fsp3) is 0.708. The van der Waals surface area contributed by atoms with Gasteiger partial charge in [-0.3, -0.25) is 14.4 Å². The third kappa shape index (κ3) is 62.9. The van der Waals surface area contributed by atoms with Crippen LogP contribution in [0.15, 0.2) is 109 Å². The third-order valence-electron chi connectivity index (χ3n) is 14.0. The van der Waals surface area contributed by atoms with Crippen molar-refractivity contribution in [2.75, 3.05) is 13.2 Å². The molecule has 1 atom stereocenters. The zero-order valence-corrected chi connectivity index (χ0v) is 51.2. The van der Waals surface area contributed by atoms with Gasteiger partial charge in [0.1, 0.15) is 13.2 Å². The minimum atomic E-state index is -0.791. The van der Waals surface area contributed by atoms with E-state index < -0.39 is 6.10 Å². The topological polar surface area (TPSA) is 78.9 Å². The van der Waals surface area contributed by atoms with E-state index in [4.69, 9.17) is 14.2 Å². The summed E-state index contributed by atoms with van der Waals surface area (Å²) in [5.41, 5.74) is 0. The van der Waals surface area contributed by atoms with E-state index in [1.54, 1.807) is 0 Å². The molecule has 0 N–H and O–H groups in total. The Morgan fingerprint density at radius 3 is 0.782 bits per heavy atom. The maximum Gasteiger partial charge on any atom is 0.306 e. The maximum atomic E-state index is 12.9. The molecule has 0 aromatic rings. The quantitative estimate of drug-likeness (QED) is 0.0261. The van der Waals surface area contributed by atoms with Crippen molar-refractivity contribution in [1.29, 1.82) is 0 Å². The summed E-state index contributed by atoms with van der Waals surface area (Å²) in [5.74, 6) is -0.901. The second-order valence-corrected chi connectivity index (χ2v) is 21.6. The molecule has 0 aromatic heterocycles. The van der Waals surface area contributed by atoms with Gasteiger partial charge in [-0.25, -0.2) is 0 Å². The van der Waals surface area contributed by atoms with Crippen LogP contribution in [0.2, 0.25) is 0 Å². The van der Waals surface area contributed by atoms with Crippen LogP contribution < -0.4 is 0 Å². The Labute approximate surface area is 482 Å². The second kappa shape index (κ2) is 65.6. The van der Waals surface area contributed by atoms with Crippen molar-refractivity contribution in [3.63, 3.8) is 0 Å². The largest absolute Gasteiger partial charge is 0.462 e. The second-order valence-electron chi connectivity index (χ2n) is 21.6. The lowest BCUT2D eigenvalue weighted by molar-refractivity contribution is -0.167. The molecule has 0 amide bonds. The Morgan fingerprint density at radius 2 is 0.500 bits per heavy atom. The van der Waals surface area contributed by atoms with Crippen LogP contribution in [-0.2, 0) is 28.6 Å². The van der Waals surface area contributed by atoms with Crippen molar-refractivity contribution in [3.05, 3.63) is 109 Å². The van der Waals surface area contributed by atoms with Gasteiger partial charge in [0.05, 0.1) is 0 Å². The number of carbonyl (C=O) groups excluding carboxylic acids is 3. The monoisotopic (exact) mass is 1080 g/mol. The predicted octanol–water partition coefficient (Wildman–Crippen LogP) is 22.6. The molecule has 0 saturated carbocycles. The van der Waals surface area contributed by atoms with E-state index in [0.717, 1.165) is 135 Å². The molecule has 0 aromatic carbocycles. The van der Waals surface area contributed by atoms with E-state index in [9.17, 15) is 14.4 Å². The molecule has 0 aliphatic carbocycles. The number of hydrogen-bond acceptors (Lipinski definition) is 6. The lowest BCUT2D eigenvalue weighted by atomic mass is 10.0. The highest BCUT2D eigenvalue weighted by molar-refractivity contribution is 5.71. The van der Waals surface area contributed by atoms with Gasteiger partial charge in [0.25, 0.3) is 0 Å². The van der Waals surface area contributed by atoms with Gasteiger partial charge in [0.2, 0.25) is 0 Å². The first-order chi connectivity index (χ1) is 38.5. The SMILES string of the molecule is CC/C=C\C/C=C\C/C=C\C/C=C\CCCCCCCCCCCCCCCCCCC(=O)OCC(COC(=O)CCCCCCC/C=C\C/C=C\CCCC)OC(=O)CCCCCCCCC/C=C\C/C=C\C/C=C\CC. The molecule has 446 valence electrons. The molecule has 6 nitrogen and oxygen atoms in total. The molecule has 1 unspecified atom stereocenters. The molecule has 0 rings (SSSR count). The molecule has 0 fully saturated rings. The van der Waals surface area contributed by atoms with Crippen LogP contribution in [0.1, 0.15) is 310 Å². The Hall–Kier alpha value is -3.93. The Balaban J connectivity index is 4.26. The summed E-state index contributed by atoms with van der Waals surface area (Å²) in [7, 11) is 0. The highest BCUT2D eigenvalue weighted by atomic mass is 16.6. The van der Waals surface area contributed by atoms with Crippen molar-refractivity contribution < 1.29 is 28.6 Å². The van der Waals surface area contributed by atoms with E-state index in [-0.39, 0.29) is 31.1 Å². The lowest BCUT2D eigenvalue weighted by Crippen LogP contribution is -2.30. The van der Waals surface area contributed by atoms with E-state index in [0.29, 0.717) is 19.3 Å². The molecule has 0 bridgehead atoms. The first-order valence-corrected chi connectivity index (χ1v) is 32.9. The van der Waals surface area contributed by atoms with E-state index in [1.165, 1.54) is 135 Å². The molecule has 0 spiro atoms. The average Bonchev–Trinajstić information content (AvgIpc) is 3.44. The van der Waals surface area contributed by atoms with Crippen LogP contribution in [0.4, 0.5) is 0 Å². The minimum Gasteiger partial charge on any atom is -0.462 e. The van der Waals surface area contributed by atoms with Crippen molar-refractivity contribution in [1.82, 2.24) is 0 Å². The fourth-order valence-corrected chi connectivity index (χ4v) is 9.11. The van der Waals surface area contributed by atoms with Gasteiger partial charge in [-0.2, -0.15) is 0 Å². The zero-order chi connectivity index (χ0) is 56.4. The van der Waals surface area contributed by atoms with Gasteiger partial charge < -0.3 is 14.2 Å². The first-order valence-electron chi connectivity index (χ1n) is 32.9. The molecule has 78 heavy (non-hydrogen) atoms. The van der Waals surface area contributed by atoms with Gasteiger partial charge in [0, 0.05) is 19.3 Å². The number of hydrogen-bond donors (Lipinski definition) is 0. The first kappa shape index (κ1) is 74.1. The predicted molar refractivity (Wildman–Crippen MR) is 339 cm³/mol. The summed E-state index contributed by atoms with van der Waals surface area (Å²) in [6.45, 7) is 6.38.